The van der Waals surface area contributed by atoms with Crippen LogP contribution in [0.15, 0.2) is 46.8 Å². The SMILES string of the molecule is COC(=O)C1=C(C)NC(C)=C(C(=O)OCCC2CCOC2=O)C1c1cccc([N+](=O)[O-])c1. The first-order chi connectivity index (χ1) is 15.2. The van der Waals surface area contributed by atoms with Crippen molar-refractivity contribution in [3.63, 3.8) is 0 Å². The monoisotopic (exact) mass is 444 g/mol. The van der Waals surface area contributed by atoms with Gasteiger partial charge in [0.25, 0.3) is 5.69 Å². The molecule has 0 radical (unpaired) electrons. The third-order valence-electron chi connectivity index (χ3n) is 5.54. The summed E-state index contributed by atoms with van der Waals surface area (Å²) < 4.78 is 15.3. The minimum absolute atomic E-state index is 0.00666. The van der Waals surface area contributed by atoms with E-state index in [1.165, 1.54) is 25.3 Å². The van der Waals surface area contributed by atoms with Gasteiger partial charge in [0.2, 0.25) is 0 Å². The van der Waals surface area contributed by atoms with Crippen LogP contribution < -0.4 is 5.32 Å². The van der Waals surface area contributed by atoms with Gasteiger partial charge in [-0.3, -0.25) is 14.9 Å². The van der Waals surface area contributed by atoms with Crippen molar-refractivity contribution in [2.75, 3.05) is 20.3 Å². The van der Waals surface area contributed by atoms with Crippen molar-refractivity contribution in [2.45, 2.75) is 32.6 Å². The van der Waals surface area contributed by atoms with Crippen molar-refractivity contribution < 1.29 is 33.5 Å². The highest BCUT2D eigenvalue weighted by Crippen LogP contribution is 2.40. The number of nitrogens with one attached hydrogen (secondary N) is 1. The molecule has 0 saturated carbocycles. The van der Waals surface area contributed by atoms with E-state index in [1.54, 1.807) is 19.9 Å². The van der Waals surface area contributed by atoms with E-state index in [9.17, 15) is 24.5 Å². The fourth-order valence-electron chi connectivity index (χ4n) is 3.97. The summed E-state index contributed by atoms with van der Waals surface area (Å²) >= 11 is 0. The lowest BCUT2D eigenvalue weighted by Crippen LogP contribution is -2.32. The first-order valence-electron chi connectivity index (χ1n) is 10.1. The van der Waals surface area contributed by atoms with Gasteiger partial charge in [-0.15, -0.1) is 0 Å². The summed E-state index contributed by atoms with van der Waals surface area (Å²) in [6, 6.07) is 5.74. The smallest absolute Gasteiger partial charge is 0.336 e. The number of esters is 3. The molecule has 10 nitrogen and oxygen atoms in total. The Bertz CT molecular complexity index is 1030. The predicted octanol–water partition coefficient (Wildman–Crippen LogP) is 2.50. The lowest BCUT2D eigenvalue weighted by atomic mass is 9.80. The van der Waals surface area contributed by atoms with Crippen molar-refractivity contribution in [1.82, 2.24) is 5.32 Å². The second-order valence-corrected chi connectivity index (χ2v) is 7.56. The van der Waals surface area contributed by atoms with Crippen molar-refractivity contribution in [3.8, 4) is 0 Å². The Balaban J connectivity index is 1.94. The maximum absolute atomic E-state index is 13.1. The summed E-state index contributed by atoms with van der Waals surface area (Å²) in [6.45, 7) is 3.67. The number of ether oxygens (including phenoxy) is 3. The normalized spacial score (nSPS) is 20.5. The molecule has 1 aromatic carbocycles. The number of hydrogen-bond acceptors (Lipinski definition) is 9. The summed E-state index contributed by atoms with van der Waals surface area (Å²) in [6.07, 6.45) is 0.898. The van der Waals surface area contributed by atoms with Gasteiger partial charge in [0.15, 0.2) is 0 Å². The molecule has 0 aliphatic carbocycles. The molecule has 32 heavy (non-hydrogen) atoms. The molecule has 1 saturated heterocycles. The fourth-order valence-corrected chi connectivity index (χ4v) is 3.97. The van der Waals surface area contributed by atoms with E-state index in [1.807, 2.05) is 0 Å². The number of hydrogen-bond donors (Lipinski definition) is 1. The zero-order valence-electron chi connectivity index (χ0n) is 18.0. The van der Waals surface area contributed by atoms with Gasteiger partial charge in [-0.1, -0.05) is 12.1 Å². The number of dihydropyridines is 1. The molecule has 0 aromatic heterocycles. The number of rotatable bonds is 7. The van der Waals surface area contributed by atoms with Crippen LogP contribution in [0.3, 0.4) is 0 Å². The van der Waals surface area contributed by atoms with E-state index in [-0.39, 0.29) is 35.3 Å². The molecule has 3 rings (SSSR count). The van der Waals surface area contributed by atoms with Gasteiger partial charge >= 0.3 is 17.9 Å². The quantitative estimate of drug-likeness (QED) is 0.291. The molecule has 0 amide bonds. The zero-order valence-corrected chi connectivity index (χ0v) is 18.0. The lowest BCUT2D eigenvalue weighted by molar-refractivity contribution is -0.384. The van der Waals surface area contributed by atoms with Gasteiger partial charge < -0.3 is 19.5 Å². The summed E-state index contributed by atoms with van der Waals surface area (Å²) in [5.41, 5.74) is 1.43. The Morgan fingerprint density at radius 3 is 2.50 bits per heavy atom. The first kappa shape index (κ1) is 23.0. The van der Waals surface area contributed by atoms with Crippen LogP contribution >= 0.6 is 0 Å². The number of methoxy groups -OCH3 is 1. The molecule has 1 fully saturated rings. The second-order valence-electron chi connectivity index (χ2n) is 7.56. The Labute approximate surface area is 184 Å². The van der Waals surface area contributed by atoms with Crippen molar-refractivity contribution in [2.24, 2.45) is 5.92 Å². The van der Waals surface area contributed by atoms with E-state index >= 15 is 0 Å². The zero-order chi connectivity index (χ0) is 23.4. The highest BCUT2D eigenvalue weighted by Gasteiger charge is 2.38. The van der Waals surface area contributed by atoms with Gasteiger partial charge in [-0.2, -0.15) is 0 Å². The van der Waals surface area contributed by atoms with E-state index in [4.69, 9.17) is 14.2 Å². The molecule has 2 aliphatic heterocycles. The van der Waals surface area contributed by atoms with Crippen molar-refractivity contribution in [3.05, 3.63) is 62.5 Å². The molecule has 10 heteroatoms. The van der Waals surface area contributed by atoms with Crippen LogP contribution in [0.1, 0.15) is 38.2 Å². The van der Waals surface area contributed by atoms with E-state index in [0.717, 1.165) is 0 Å². The summed E-state index contributed by atoms with van der Waals surface area (Å²) in [4.78, 5) is 48.0. The number of benzene rings is 1. The number of non-ortho nitro benzene ring substituents is 1. The summed E-state index contributed by atoms with van der Waals surface area (Å²) in [5.74, 6) is -2.91. The van der Waals surface area contributed by atoms with Gasteiger partial charge in [-0.05, 0) is 32.3 Å². The first-order valence-corrected chi connectivity index (χ1v) is 10.1. The van der Waals surface area contributed by atoms with Crippen LogP contribution in [0.25, 0.3) is 0 Å². The Morgan fingerprint density at radius 1 is 1.22 bits per heavy atom. The highest BCUT2D eigenvalue weighted by atomic mass is 16.6. The minimum Gasteiger partial charge on any atom is -0.466 e. The molecule has 1 N–H and O–H groups in total. The number of carbonyl (C=O) groups is 3. The number of nitro benzene ring substituents is 1. The Morgan fingerprint density at radius 2 is 1.91 bits per heavy atom. The highest BCUT2D eigenvalue weighted by molar-refractivity contribution is 5.99. The standard InChI is InChI=1S/C22H24N2O8/c1-12-17(21(26)30-3)19(15-5-4-6-16(11-15)24(28)29)18(13(2)23-12)22(27)32-10-8-14-7-9-31-20(14)25/h4-6,11,14,19,23H,7-10H2,1-3H3. The van der Waals surface area contributed by atoms with Crippen LogP contribution in [-0.2, 0) is 28.6 Å². The van der Waals surface area contributed by atoms with Gasteiger partial charge in [0, 0.05) is 23.5 Å². The van der Waals surface area contributed by atoms with Crippen LogP contribution in [0.5, 0.6) is 0 Å². The second kappa shape index (κ2) is 9.63. The van der Waals surface area contributed by atoms with E-state index < -0.39 is 22.8 Å². The van der Waals surface area contributed by atoms with Crippen molar-refractivity contribution >= 4 is 23.6 Å². The molecule has 2 atom stereocenters. The summed E-state index contributed by atoms with van der Waals surface area (Å²) in [7, 11) is 1.22. The van der Waals surface area contributed by atoms with Crippen molar-refractivity contribution in [1.29, 1.82) is 0 Å². The lowest BCUT2D eigenvalue weighted by Gasteiger charge is -2.30. The molecular formula is C22H24N2O8. The number of carbonyl (C=O) groups excluding carboxylic acids is 3. The van der Waals surface area contributed by atoms with Gasteiger partial charge in [0.05, 0.1) is 48.2 Å². The van der Waals surface area contributed by atoms with Crippen LogP contribution in [-0.4, -0.2) is 43.2 Å². The van der Waals surface area contributed by atoms with Gasteiger partial charge in [-0.25, -0.2) is 9.59 Å². The Hall–Kier alpha value is -3.69. The molecule has 0 spiro atoms. The predicted molar refractivity (Wildman–Crippen MR) is 111 cm³/mol. The average Bonchev–Trinajstić information content (AvgIpc) is 3.17. The number of nitrogens with zero attached hydrogens (tertiary/aromatic N) is 1. The molecule has 0 bridgehead atoms. The average molecular weight is 444 g/mol. The molecule has 2 unspecified atom stereocenters. The molecular weight excluding hydrogens is 420 g/mol. The number of nitro groups is 1. The summed E-state index contributed by atoms with van der Waals surface area (Å²) in [5, 5.41) is 14.3. The van der Waals surface area contributed by atoms with Crippen LogP contribution in [0.2, 0.25) is 0 Å². The Kier molecular flexibility index (Phi) is 6.92. The number of cyclic esters (lactones) is 1. The maximum atomic E-state index is 13.1. The minimum atomic E-state index is -0.924. The fraction of sp³-hybridized carbons (Fsp3) is 0.409. The van der Waals surface area contributed by atoms with Gasteiger partial charge in [0.1, 0.15) is 0 Å². The maximum Gasteiger partial charge on any atom is 0.336 e. The topological polar surface area (TPSA) is 134 Å². The van der Waals surface area contributed by atoms with Crippen LogP contribution in [0, 0.1) is 16.0 Å². The largest absolute Gasteiger partial charge is 0.466 e. The molecule has 2 aliphatic rings. The molecule has 170 valence electrons. The molecule has 2 heterocycles. The van der Waals surface area contributed by atoms with E-state index in [2.05, 4.69) is 5.32 Å². The van der Waals surface area contributed by atoms with Crippen LogP contribution in [0.4, 0.5) is 5.69 Å². The third-order valence-corrected chi connectivity index (χ3v) is 5.54. The van der Waals surface area contributed by atoms with E-state index in [0.29, 0.717) is 36.4 Å². The number of allylic oxidation sites excluding steroid dienone is 2. The third kappa shape index (κ3) is 4.63. The molecule has 1 aromatic rings.